The maximum Gasteiger partial charge on any atom is 0.131 e. The van der Waals surface area contributed by atoms with Crippen molar-refractivity contribution in [3.63, 3.8) is 0 Å². The molecule has 1 N–H and O–H groups in total. The maximum atomic E-state index is 13.0. The third-order valence-corrected chi connectivity index (χ3v) is 1.38. The highest BCUT2D eigenvalue weighted by molar-refractivity contribution is 5.72. The second-order valence-electron chi connectivity index (χ2n) is 2.20. The molecule has 0 aromatic carbocycles. The van der Waals surface area contributed by atoms with E-state index >= 15 is 0 Å². The standard InChI is InChI=1S/C9H9FN2/c1-3-4-8(10)7(2)9-5-6-11-12-9/h3-6H,1-2H2,(H,11,12)/b8-4+. The molecule has 0 fully saturated rings. The molecule has 0 atom stereocenters. The van der Waals surface area contributed by atoms with Crippen LogP contribution in [0.2, 0.25) is 0 Å². The predicted octanol–water partition coefficient (Wildman–Crippen LogP) is 2.46. The van der Waals surface area contributed by atoms with Crippen molar-refractivity contribution < 1.29 is 4.39 Å². The van der Waals surface area contributed by atoms with Gasteiger partial charge in [-0.1, -0.05) is 19.2 Å². The third kappa shape index (κ3) is 1.69. The molecule has 0 saturated heterocycles. The number of hydrogen-bond donors (Lipinski definition) is 1. The summed E-state index contributed by atoms with van der Waals surface area (Å²) in [5, 5.41) is 6.29. The Morgan fingerprint density at radius 1 is 1.67 bits per heavy atom. The summed E-state index contributed by atoms with van der Waals surface area (Å²) in [7, 11) is 0. The lowest BCUT2D eigenvalue weighted by atomic mass is 10.2. The number of hydrogen-bond acceptors (Lipinski definition) is 1. The topological polar surface area (TPSA) is 28.7 Å². The van der Waals surface area contributed by atoms with Gasteiger partial charge >= 0.3 is 0 Å². The van der Waals surface area contributed by atoms with Gasteiger partial charge < -0.3 is 0 Å². The molecule has 1 heterocycles. The fourth-order valence-corrected chi connectivity index (χ4v) is 0.757. The molecule has 62 valence electrons. The van der Waals surface area contributed by atoms with Gasteiger partial charge in [-0.3, -0.25) is 5.10 Å². The van der Waals surface area contributed by atoms with Gasteiger partial charge in [0.15, 0.2) is 0 Å². The molecule has 0 amide bonds. The van der Waals surface area contributed by atoms with Crippen LogP contribution in [0.25, 0.3) is 5.57 Å². The van der Waals surface area contributed by atoms with Crippen LogP contribution in [0, 0.1) is 0 Å². The molecule has 1 aromatic rings. The smallest absolute Gasteiger partial charge is 0.131 e. The van der Waals surface area contributed by atoms with Gasteiger partial charge in [0, 0.05) is 11.8 Å². The fourth-order valence-electron chi connectivity index (χ4n) is 0.757. The highest BCUT2D eigenvalue weighted by Gasteiger charge is 2.03. The van der Waals surface area contributed by atoms with Crippen LogP contribution in [-0.2, 0) is 0 Å². The molecule has 3 heteroatoms. The molecule has 12 heavy (non-hydrogen) atoms. The molecule has 1 aromatic heterocycles. The van der Waals surface area contributed by atoms with Gasteiger partial charge in [-0.15, -0.1) is 0 Å². The number of allylic oxidation sites excluding steroid dienone is 4. The van der Waals surface area contributed by atoms with E-state index in [2.05, 4.69) is 23.4 Å². The van der Waals surface area contributed by atoms with Crippen LogP contribution in [0.5, 0.6) is 0 Å². The van der Waals surface area contributed by atoms with Gasteiger partial charge in [0.1, 0.15) is 5.83 Å². The summed E-state index contributed by atoms with van der Waals surface area (Å²) in [4.78, 5) is 0. The lowest BCUT2D eigenvalue weighted by molar-refractivity contribution is 0.673. The van der Waals surface area contributed by atoms with Gasteiger partial charge in [0.25, 0.3) is 0 Å². The summed E-state index contributed by atoms with van der Waals surface area (Å²) in [6, 6.07) is 1.65. The van der Waals surface area contributed by atoms with Crippen molar-refractivity contribution in [2.45, 2.75) is 0 Å². The first-order valence-corrected chi connectivity index (χ1v) is 3.43. The van der Waals surface area contributed by atoms with E-state index in [1.54, 1.807) is 12.3 Å². The number of rotatable bonds is 3. The highest BCUT2D eigenvalue weighted by atomic mass is 19.1. The Hall–Kier alpha value is -1.64. The monoisotopic (exact) mass is 164 g/mol. The van der Waals surface area contributed by atoms with E-state index in [1.165, 1.54) is 12.2 Å². The van der Waals surface area contributed by atoms with Crippen LogP contribution in [0.15, 0.2) is 43.4 Å². The van der Waals surface area contributed by atoms with Gasteiger partial charge in [0.05, 0.1) is 5.69 Å². The van der Waals surface area contributed by atoms with Crippen molar-refractivity contribution >= 4 is 5.57 Å². The minimum absolute atomic E-state index is 0.285. The predicted molar refractivity (Wildman–Crippen MR) is 47.0 cm³/mol. The molecular formula is C9H9FN2. The Labute approximate surface area is 70.1 Å². The minimum Gasteiger partial charge on any atom is -0.278 e. The molecule has 0 saturated carbocycles. The van der Waals surface area contributed by atoms with E-state index in [0.29, 0.717) is 5.69 Å². The summed E-state index contributed by atoms with van der Waals surface area (Å²) in [5.74, 6) is -0.408. The zero-order valence-electron chi connectivity index (χ0n) is 6.55. The SMILES string of the molecule is C=C/C=C(/F)C(=C)c1ccn[nH]1. The second-order valence-corrected chi connectivity index (χ2v) is 2.20. The van der Waals surface area contributed by atoms with Crippen LogP contribution in [0.4, 0.5) is 4.39 Å². The van der Waals surface area contributed by atoms with E-state index in [1.807, 2.05) is 0 Å². The number of halogens is 1. The number of nitrogens with zero attached hydrogens (tertiary/aromatic N) is 1. The second kappa shape index (κ2) is 3.67. The Bertz CT molecular complexity index is 309. The average molecular weight is 164 g/mol. The number of H-pyrrole nitrogens is 1. The number of aromatic nitrogens is 2. The first kappa shape index (κ1) is 8.46. The molecule has 0 unspecified atom stereocenters. The van der Waals surface area contributed by atoms with Crippen molar-refractivity contribution in [1.29, 1.82) is 0 Å². The van der Waals surface area contributed by atoms with E-state index < -0.39 is 5.83 Å². The van der Waals surface area contributed by atoms with E-state index in [4.69, 9.17) is 0 Å². The summed E-state index contributed by atoms with van der Waals surface area (Å²) in [5.41, 5.74) is 0.859. The molecule has 1 rings (SSSR count). The van der Waals surface area contributed by atoms with Gasteiger partial charge in [-0.05, 0) is 12.1 Å². The molecular weight excluding hydrogens is 155 g/mol. The minimum atomic E-state index is -0.408. The van der Waals surface area contributed by atoms with Crippen LogP contribution < -0.4 is 0 Å². The lowest BCUT2D eigenvalue weighted by Crippen LogP contribution is -1.83. The first-order valence-electron chi connectivity index (χ1n) is 3.43. The van der Waals surface area contributed by atoms with Gasteiger partial charge in [-0.2, -0.15) is 5.10 Å². The molecule has 0 aliphatic carbocycles. The third-order valence-electron chi connectivity index (χ3n) is 1.38. The summed E-state index contributed by atoms with van der Waals surface area (Å²) in [6.45, 7) is 6.93. The van der Waals surface area contributed by atoms with Crippen molar-refractivity contribution in [2.75, 3.05) is 0 Å². The molecule has 0 aliphatic heterocycles. The average Bonchev–Trinajstić information content (AvgIpc) is 2.55. The van der Waals surface area contributed by atoms with E-state index in [0.717, 1.165) is 0 Å². The Morgan fingerprint density at radius 2 is 2.42 bits per heavy atom. The Morgan fingerprint density at radius 3 is 2.92 bits per heavy atom. The summed E-state index contributed by atoms with van der Waals surface area (Å²) >= 11 is 0. The molecule has 0 radical (unpaired) electrons. The number of aromatic amines is 1. The molecule has 0 aliphatic rings. The van der Waals surface area contributed by atoms with Crippen molar-refractivity contribution in [2.24, 2.45) is 0 Å². The number of nitrogens with one attached hydrogen (secondary N) is 1. The lowest BCUT2D eigenvalue weighted by Gasteiger charge is -1.96. The Kier molecular flexibility index (Phi) is 2.58. The normalized spacial score (nSPS) is 11.2. The Balaban J connectivity index is 2.86. The largest absolute Gasteiger partial charge is 0.278 e. The maximum absolute atomic E-state index is 13.0. The fraction of sp³-hybridized carbons (Fsp3) is 0. The summed E-state index contributed by atoms with van der Waals surface area (Å²) in [6.07, 6.45) is 4.17. The van der Waals surface area contributed by atoms with Crippen molar-refractivity contribution in [3.05, 3.63) is 49.1 Å². The van der Waals surface area contributed by atoms with Gasteiger partial charge in [-0.25, -0.2) is 4.39 Å². The van der Waals surface area contributed by atoms with Crippen LogP contribution in [0.3, 0.4) is 0 Å². The van der Waals surface area contributed by atoms with E-state index in [9.17, 15) is 4.39 Å². The van der Waals surface area contributed by atoms with Crippen LogP contribution in [-0.4, -0.2) is 10.2 Å². The van der Waals surface area contributed by atoms with Crippen molar-refractivity contribution in [3.8, 4) is 0 Å². The quantitative estimate of drug-likeness (QED) is 0.683. The zero-order valence-corrected chi connectivity index (χ0v) is 6.55. The highest BCUT2D eigenvalue weighted by Crippen LogP contribution is 2.19. The zero-order chi connectivity index (χ0) is 8.97. The van der Waals surface area contributed by atoms with Crippen LogP contribution in [0.1, 0.15) is 5.69 Å². The molecule has 0 bridgehead atoms. The molecule has 2 nitrogen and oxygen atoms in total. The first-order chi connectivity index (χ1) is 5.75. The van der Waals surface area contributed by atoms with Crippen molar-refractivity contribution in [1.82, 2.24) is 10.2 Å². The van der Waals surface area contributed by atoms with Crippen LogP contribution >= 0.6 is 0 Å². The molecule has 0 spiro atoms. The summed E-state index contributed by atoms with van der Waals surface area (Å²) < 4.78 is 13.0. The van der Waals surface area contributed by atoms with Gasteiger partial charge in [0.2, 0.25) is 0 Å². The van der Waals surface area contributed by atoms with E-state index in [-0.39, 0.29) is 5.57 Å².